The van der Waals surface area contributed by atoms with Crippen molar-refractivity contribution >= 4 is 5.69 Å². The second-order valence-corrected chi connectivity index (χ2v) is 5.18. The van der Waals surface area contributed by atoms with Crippen LogP contribution in [0, 0.1) is 0 Å². The Bertz CT molecular complexity index is 347. The molecule has 0 aromatic heterocycles. The first-order valence-corrected chi connectivity index (χ1v) is 6.83. The Morgan fingerprint density at radius 1 is 1.29 bits per heavy atom. The molecule has 2 rings (SSSR count). The quantitative estimate of drug-likeness (QED) is 0.785. The van der Waals surface area contributed by atoms with Crippen molar-refractivity contribution in [3.8, 4) is 0 Å². The Morgan fingerprint density at radius 3 is 2.94 bits per heavy atom. The lowest BCUT2D eigenvalue weighted by Crippen LogP contribution is -2.33. The fourth-order valence-corrected chi connectivity index (χ4v) is 2.50. The van der Waals surface area contributed by atoms with Gasteiger partial charge in [-0.1, -0.05) is 32.0 Å². The highest BCUT2D eigenvalue weighted by atomic mass is 15.1. The van der Waals surface area contributed by atoms with Crippen LogP contribution >= 0.6 is 0 Å². The highest BCUT2D eigenvalue weighted by molar-refractivity contribution is 5.55. The van der Waals surface area contributed by atoms with Crippen LogP contribution in [0.3, 0.4) is 0 Å². The van der Waals surface area contributed by atoms with Crippen molar-refractivity contribution in [1.29, 1.82) is 0 Å². The van der Waals surface area contributed by atoms with Gasteiger partial charge in [-0.15, -0.1) is 0 Å². The van der Waals surface area contributed by atoms with Gasteiger partial charge in [-0.25, -0.2) is 0 Å². The van der Waals surface area contributed by atoms with E-state index in [0.29, 0.717) is 6.04 Å². The summed E-state index contributed by atoms with van der Waals surface area (Å²) in [4.78, 5) is 2.54. The summed E-state index contributed by atoms with van der Waals surface area (Å²) in [7, 11) is 0. The van der Waals surface area contributed by atoms with E-state index in [-0.39, 0.29) is 0 Å². The fraction of sp³-hybridized carbons (Fsp3) is 0.600. The summed E-state index contributed by atoms with van der Waals surface area (Å²) in [5.41, 5.74) is 2.99. The molecular formula is C15H24N2. The van der Waals surface area contributed by atoms with Crippen LogP contribution in [-0.4, -0.2) is 25.7 Å². The zero-order valence-corrected chi connectivity index (χ0v) is 11.1. The van der Waals surface area contributed by atoms with Gasteiger partial charge in [0.2, 0.25) is 0 Å². The maximum atomic E-state index is 3.48. The number of anilines is 1. The van der Waals surface area contributed by atoms with E-state index in [0.717, 1.165) is 6.54 Å². The number of aryl methyl sites for hydroxylation is 1. The minimum absolute atomic E-state index is 0.601. The molecule has 1 aromatic rings. The minimum atomic E-state index is 0.601. The zero-order valence-electron chi connectivity index (χ0n) is 11.1. The molecule has 1 N–H and O–H groups in total. The molecule has 1 aromatic carbocycles. The molecule has 0 unspecified atom stereocenters. The number of hydrogen-bond acceptors (Lipinski definition) is 2. The lowest BCUT2D eigenvalue weighted by Gasteiger charge is -2.31. The molecule has 0 spiro atoms. The summed E-state index contributed by atoms with van der Waals surface area (Å²) in [6.45, 7) is 7.93. The molecule has 0 fully saturated rings. The molecule has 0 radical (unpaired) electrons. The number of fused-ring (bicyclic) bond motifs is 1. The van der Waals surface area contributed by atoms with Gasteiger partial charge in [0.15, 0.2) is 0 Å². The van der Waals surface area contributed by atoms with Crippen LogP contribution in [0.25, 0.3) is 0 Å². The average molecular weight is 232 g/mol. The minimum Gasteiger partial charge on any atom is -0.371 e. The third-order valence-electron chi connectivity index (χ3n) is 3.36. The molecule has 1 aliphatic rings. The number of para-hydroxylation sites is 1. The van der Waals surface area contributed by atoms with E-state index in [2.05, 4.69) is 48.3 Å². The van der Waals surface area contributed by atoms with Crippen LogP contribution in [0.4, 0.5) is 5.69 Å². The number of benzene rings is 1. The molecule has 0 amide bonds. The third kappa shape index (κ3) is 3.47. The smallest absolute Gasteiger partial charge is 0.0398 e. The summed E-state index contributed by atoms with van der Waals surface area (Å²) < 4.78 is 0. The average Bonchev–Trinajstić information content (AvgIpc) is 2.34. The van der Waals surface area contributed by atoms with E-state index in [1.165, 1.54) is 43.6 Å². The van der Waals surface area contributed by atoms with Gasteiger partial charge in [0.1, 0.15) is 0 Å². The van der Waals surface area contributed by atoms with E-state index in [1.54, 1.807) is 0 Å². The Kier molecular flexibility index (Phi) is 4.43. The van der Waals surface area contributed by atoms with Gasteiger partial charge in [0.25, 0.3) is 0 Å². The van der Waals surface area contributed by atoms with Crippen molar-refractivity contribution in [2.24, 2.45) is 0 Å². The van der Waals surface area contributed by atoms with Gasteiger partial charge in [-0.05, 0) is 37.4 Å². The summed E-state index contributed by atoms with van der Waals surface area (Å²) >= 11 is 0. The van der Waals surface area contributed by atoms with E-state index < -0.39 is 0 Å². The molecule has 0 saturated carbocycles. The van der Waals surface area contributed by atoms with Crippen LogP contribution in [0.15, 0.2) is 24.3 Å². The summed E-state index contributed by atoms with van der Waals surface area (Å²) in [6, 6.07) is 9.45. The Balaban J connectivity index is 1.86. The van der Waals surface area contributed by atoms with Gasteiger partial charge >= 0.3 is 0 Å². The normalized spacial score (nSPS) is 15.1. The SMILES string of the molecule is CC(C)NCCCN1CCCc2ccccc21. The third-order valence-corrected chi connectivity index (χ3v) is 3.36. The molecule has 1 heterocycles. The Hall–Kier alpha value is -1.02. The molecule has 17 heavy (non-hydrogen) atoms. The standard InChI is InChI=1S/C15H24N2/c1-13(2)16-10-6-12-17-11-5-8-14-7-3-4-9-15(14)17/h3-4,7,9,13,16H,5-6,8,10-12H2,1-2H3. The maximum absolute atomic E-state index is 3.48. The first kappa shape index (κ1) is 12.4. The molecular weight excluding hydrogens is 208 g/mol. The summed E-state index contributed by atoms with van der Waals surface area (Å²) in [5, 5.41) is 3.48. The molecule has 2 heteroatoms. The predicted molar refractivity (Wildman–Crippen MR) is 74.7 cm³/mol. The summed E-state index contributed by atoms with van der Waals surface area (Å²) in [6.07, 6.45) is 3.78. The van der Waals surface area contributed by atoms with Crippen molar-refractivity contribution < 1.29 is 0 Å². The highest BCUT2D eigenvalue weighted by Crippen LogP contribution is 2.26. The fourth-order valence-electron chi connectivity index (χ4n) is 2.50. The maximum Gasteiger partial charge on any atom is 0.0398 e. The second kappa shape index (κ2) is 6.06. The lowest BCUT2D eigenvalue weighted by molar-refractivity contribution is 0.559. The first-order valence-electron chi connectivity index (χ1n) is 6.83. The van der Waals surface area contributed by atoms with E-state index in [4.69, 9.17) is 0 Å². The van der Waals surface area contributed by atoms with Crippen LogP contribution in [0.1, 0.15) is 32.3 Å². The van der Waals surface area contributed by atoms with Gasteiger partial charge in [-0.3, -0.25) is 0 Å². The van der Waals surface area contributed by atoms with Crippen LogP contribution < -0.4 is 10.2 Å². The largest absolute Gasteiger partial charge is 0.371 e. The molecule has 94 valence electrons. The van der Waals surface area contributed by atoms with Crippen molar-refractivity contribution in [3.63, 3.8) is 0 Å². The van der Waals surface area contributed by atoms with Crippen molar-refractivity contribution in [2.75, 3.05) is 24.5 Å². The molecule has 0 bridgehead atoms. The number of rotatable bonds is 5. The van der Waals surface area contributed by atoms with Crippen LogP contribution in [-0.2, 0) is 6.42 Å². The zero-order chi connectivity index (χ0) is 12.1. The van der Waals surface area contributed by atoms with Gasteiger partial charge in [0.05, 0.1) is 0 Å². The number of nitrogens with zero attached hydrogens (tertiary/aromatic N) is 1. The monoisotopic (exact) mass is 232 g/mol. The van der Waals surface area contributed by atoms with Crippen molar-refractivity contribution in [3.05, 3.63) is 29.8 Å². The first-order chi connectivity index (χ1) is 8.27. The van der Waals surface area contributed by atoms with E-state index in [1.807, 2.05) is 0 Å². The van der Waals surface area contributed by atoms with Crippen LogP contribution in [0.2, 0.25) is 0 Å². The number of nitrogens with one attached hydrogen (secondary N) is 1. The van der Waals surface area contributed by atoms with E-state index in [9.17, 15) is 0 Å². The van der Waals surface area contributed by atoms with Crippen LogP contribution in [0.5, 0.6) is 0 Å². The van der Waals surface area contributed by atoms with Gasteiger partial charge in [0, 0.05) is 24.8 Å². The topological polar surface area (TPSA) is 15.3 Å². The summed E-state index contributed by atoms with van der Waals surface area (Å²) in [5.74, 6) is 0. The number of hydrogen-bond donors (Lipinski definition) is 1. The van der Waals surface area contributed by atoms with E-state index >= 15 is 0 Å². The molecule has 0 atom stereocenters. The molecule has 0 saturated heterocycles. The lowest BCUT2D eigenvalue weighted by atomic mass is 10.0. The molecule has 0 aliphatic carbocycles. The second-order valence-electron chi connectivity index (χ2n) is 5.18. The van der Waals surface area contributed by atoms with Crippen molar-refractivity contribution in [2.45, 2.75) is 39.2 Å². The van der Waals surface area contributed by atoms with Gasteiger partial charge in [-0.2, -0.15) is 0 Å². The van der Waals surface area contributed by atoms with Crippen molar-refractivity contribution in [1.82, 2.24) is 5.32 Å². The molecule has 1 aliphatic heterocycles. The Labute approximate surface area is 105 Å². The Morgan fingerprint density at radius 2 is 2.12 bits per heavy atom. The highest BCUT2D eigenvalue weighted by Gasteiger charge is 2.15. The molecule has 2 nitrogen and oxygen atoms in total. The predicted octanol–water partition coefficient (Wildman–Crippen LogP) is 2.83. The van der Waals surface area contributed by atoms with Gasteiger partial charge < -0.3 is 10.2 Å².